The molecule has 0 atom stereocenters. The molecule has 1 aliphatic heterocycles. The van der Waals surface area contributed by atoms with Gasteiger partial charge in [0.15, 0.2) is 5.82 Å². The Bertz CT molecular complexity index is 2270. The molecule has 8 nitrogen and oxygen atoms in total. The van der Waals surface area contributed by atoms with Crippen molar-refractivity contribution in [3.8, 4) is 22.4 Å². The molecule has 0 bridgehead atoms. The lowest BCUT2D eigenvalue weighted by molar-refractivity contribution is 0.600. The Balaban J connectivity index is 1.18. The Morgan fingerprint density at radius 2 is 1.70 bits per heavy atom. The lowest BCUT2D eigenvalue weighted by Crippen LogP contribution is -2.12. The molecule has 6 aromatic rings. The number of aliphatic imine (C=N–C) groups is 1. The molecule has 0 amide bonds. The lowest BCUT2D eigenvalue weighted by atomic mass is 9.97. The fraction of sp³-hybridized carbons (Fsp3) is 0.167. The SMILES string of the molecule is CS(=O)(=O)CCc1cc(F)cc(-c2nccc3[nH]c(C4=NCc5ccc(-c6cncc(CNCc7ccccc7)c6)c(F)c54)nc23)c1. The van der Waals surface area contributed by atoms with E-state index in [-0.39, 0.29) is 12.2 Å². The molecule has 0 fully saturated rings. The van der Waals surface area contributed by atoms with E-state index < -0.39 is 21.5 Å². The third kappa shape index (κ3) is 6.58. The molecule has 11 heteroatoms. The Morgan fingerprint density at radius 1 is 0.894 bits per heavy atom. The zero-order valence-corrected chi connectivity index (χ0v) is 26.3. The zero-order valence-electron chi connectivity index (χ0n) is 25.5. The van der Waals surface area contributed by atoms with E-state index in [0.29, 0.717) is 75.7 Å². The first-order valence-corrected chi connectivity index (χ1v) is 17.2. The minimum atomic E-state index is -3.22. The molecule has 0 saturated carbocycles. The fourth-order valence-electron chi connectivity index (χ4n) is 5.84. The number of pyridine rings is 2. The molecule has 0 spiro atoms. The largest absolute Gasteiger partial charge is 0.337 e. The van der Waals surface area contributed by atoms with Crippen LogP contribution in [0.4, 0.5) is 8.78 Å². The number of hydrogen-bond acceptors (Lipinski definition) is 7. The van der Waals surface area contributed by atoms with Crippen LogP contribution in [0.15, 0.2) is 96.4 Å². The number of H-pyrrole nitrogens is 1. The van der Waals surface area contributed by atoms with Crippen LogP contribution in [0.25, 0.3) is 33.4 Å². The van der Waals surface area contributed by atoms with Gasteiger partial charge in [-0.2, -0.15) is 0 Å². The molecule has 7 rings (SSSR count). The average Bonchev–Trinajstić information content (AvgIpc) is 3.69. The fourth-order valence-corrected chi connectivity index (χ4v) is 6.44. The first-order chi connectivity index (χ1) is 22.7. The highest BCUT2D eigenvalue weighted by atomic mass is 32.2. The zero-order chi connectivity index (χ0) is 32.5. The van der Waals surface area contributed by atoms with Crippen LogP contribution in [-0.4, -0.2) is 46.1 Å². The predicted molar refractivity (Wildman–Crippen MR) is 179 cm³/mol. The van der Waals surface area contributed by atoms with Crippen LogP contribution in [-0.2, 0) is 35.9 Å². The van der Waals surface area contributed by atoms with Crippen molar-refractivity contribution in [2.24, 2.45) is 4.99 Å². The molecule has 4 heterocycles. The van der Waals surface area contributed by atoms with Gasteiger partial charge in [-0.15, -0.1) is 0 Å². The van der Waals surface area contributed by atoms with Gasteiger partial charge in [-0.05, 0) is 59.0 Å². The second kappa shape index (κ2) is 12.6. The summed E-state index contributed by atoms with van der Waals surface area (Å²) in [5.41, 5.74) is 7.19. The summed E-state index contributed by atoms with van der Waals surface area (Å²) < 4.78 is 54.4. The van der Waals surface area contributed by atoms with Crippen molar-refractivity contribution < 1.29 is 17.2 Å². The van der Waals surface area contributed by atoms with Crippen LogP contribution in [0.5, 0.6) is 0 Å². The van der Waals surface area contributed by atoms with E-state index in [9.17, 15) is 12.8 Å². The van der Waals surface area contributed by atoms with Gasteiger partial charge < -0.3 is 10.3 Å². The van der Waals surface area contributed by atoms with Crippen LogP contribution in [0.1, 0.15) is 33.6 Å². The molecule has 0 radical (unpaired) electrons. The number of nitrogens with one attached hydrogen (secondary N) is 2. The molecule has 236 valence electrons. The van der Waals surface area contributed by atoms with Gasteiger partial charge in [0.05, 0.1) is 23.5 Å². The van der Waals surface area contributed by atoms with E-state index in [1.165, 1.54) is 17.7 Å². The highest BCUT2D eigenvalue weighted by molar-refractivity contribution is 7.90. The number of nitrogens with zero attached hydrogens (tertiary/aromatic N) is 4. The number of aromatic nitrogens is 4. The molecule has 0 saturated heterocycles. The number of sulfone groups is 1. The molecule has 3 aromatic carbocycles. The molecule has 2 N–H and O–H groups in total. The lowest BCUT2D eigenvalue weighted by Gasteiger charge is -2.11. The van der Waals surface area contributed by atoms with Gasteiger partial charge in [0.2, 0.25) is 0 Å². The maximum atomic E-state index is 16.4. The summed E-state index contributed by atoms with van der Waals surface area (Å²) in [6.45, 7) is 1.59. The summed E-state index contributed by atoms with van der Waals surface area (Å²) in [5, 5.41) is 3.41. The van der Waals surface area contributed by atoms with Crippen LogP contribution in [0.3, 0.4) is 0 Å². The van der Waals surface area contributed by atoms with E-state index in [1.54, 1.807) is 36.8 Å². The van der Waals surface area contributed by atoms with Crippen molar-refractivity contribution in [1.29, 1.82) is 0 Å². The van der Waals surface area contributed by atoms with E-state index in [4.69, 9.17) is 4.98 Å². The Hall–Kier alpha value is -5.13. The summed E-state index contributed by atoms with van der Waals surface area (Å²) in [7, 11) is -3.22. The molecule has 0 aliphatic carbocycles. The monoisotopic (exact) mass is 648 g/mol. The summed E-state index contributed by atoms with van der Waals surface area (Å²) >= 11 is 0. The first-order valence-electron chi connectivity index (χ1n) is 15.1. The number of halogens is 2. The second-order valence-electron chi connectivity index (χ2n) is 11.7. The summed E-state index contributed by atoms with van der Waals surface area (Å²) in [6.07, 6.45) is 6.32. The molecular formula is C36H30F2N6O2S. The minimum Gasteiger partial charge on any atom is -0.337 e. The van der Waals surface area contributed by atoms with Crippen molar-refractivity contribution in [2.45, 2.75) is 26.1 Å². The second-order valence-corrected chi connectivity index (χ2v) is 13.9. The van der Waals surface area contributed by atoms with Crippen LogP contribution in [0, 0.1) is 11.6 Å². The van der Waals surface area contributed by atoms with Crippen molar-refractivity contribution in [2.75, 3.05) is 12.0 Å². The Labute approximate surface area is 270 Å². The van der Waals surface area contributed by atoms with Gasteiger partial charge >= 0.3 is 0 Å². The van der Waals surface area contributed by atoms with Gasteiger partial charge in [0.1, 0.15) is 32.7 Å². The summed E-state index contributed by atoms with van der Waals surface area (Å²) in [4.78, 5) is 21.5. The summed E-state index contributed by atoms with van der Waals surface area (Å²) in [5.74, 6) is -0.641. The number of fused-ring (bicyclic) bond motifs is 2. The molecule has 0 unspecified atom stereocenters. The van der Waals surface area contributed by atoms with Gasteiger partial charge in [-0.25, -0.2) is 22.2 Å². The number of imidazole rings is 1. The van der Waals surface area contributed by atoms with E-state index in [0.717, 1.165) is 17.4 Å². The number of benzene rings is 3. The number of hydrogen-bond donors (Lipinski definition) is 2. The Kier molecular flexibility index (Phi) is 8.17. The topological polar surface area (TPSA) is 113 Å². The Morgan fingerprint density at radius 3 is 2.53 bits per heavy atom. The third-order valence-electron chi connectivity index (χ3n) is 8.10. The predicted octanol–water partition coefficient (Wildman–Crippen LogP) is 6.19. The van der Waals surface area contributed by atoms with Crippen molar-refractivity contribution >= 4 is 26.6 Å². The van der Waals surface area contributed by atoms with Crippen molar-refractivity contribution in [1.82, 2.24) is 25.3 Å². The highest BCUT2D eigenvalue weighted by Gasteiger charge is 2.27. The standard InChI is InChI=1S/C36H30F2N6O2S/c1-47(45,46)12-10-23-13-26(16-28(37)15-23)33-34-30(9-11-41-33)43-36(44-34)35-31-25(21-42-35)7-8-29(32(31)38)27-14-24(19-40-20-27)18-39-17-22-5-3-2-4-6-22/h2-9,11,13-16,19-20,39H,10,12,17-18,21H2,1H3,(H,43,44). The normalized spacial score (nSPS) is 12.8. The van der Waals surface area contributed by atoms with Crippen LogP contribution in [0.2, 0.25) is 0 Å². The van der Waals surface area contributed by atoms with Gasteiger partial charge in [-0.1, -0.05) is 42.5 Å². The third-order valence-corrected chi connectivity index (χ3v) is 9.04. The van der Waals surface area contributed by atoms with E-state index in [1.807, 2.05) is 30.3 Å². The molecule has 1 aliphatic rings. The highest BCUT2D eigenvalue weighted by Crippen LogP contribution is 2.34. The van der Waals surface area contributed by atoms with E-state index >= 15 is 4.39 Å². The first kappa shape index (κ1) is 30.5. The summed E-state index contributed by atoms with van der Waals surface area (Å²) in [6, 6.07) is 21.8. The molecule has 47 heavy (non-hydrogen) atoms. The molecule has 3 aromatic heterocycles. The van der Waals surface area contributed by atoms with E-state index in [2.05, 4.69) is 37.4 Å². The number of aromatic amines is 1. The minimum absolute atomic E-state index is 0.0988. The van der Waals surface area contributed by atoms with Crippen LogP contribution < -0.4 is 5.32 Å². The van der Waals surface area contributed by atoms with Crippen molar-refractivity contribution in [3.63, 3.8) is 0 Å². The van der Waals surface area contributed by atoms with Gasteiger partial charge in [-0.3, -0.25) is 15.0 Å². The maximum absolute atomic E-state index is 16.4. The smallest absolute Gasteiger partial charge is 0.157 e. The van der Waals surface area contributed by atoms with Gasteiger partial charge in [0.25, 0.3) is 0 Å². The maximum Gasteiger partial charge on any atom is 0.157 e. The molecular weight excluding hydrogens is 618 g/mol. The van der Waals surface area contributed by atoms with Crippen LogP contribution >= 0.6 is 0 Å². The number of aryl methyl sites for hydroxylation is 1. The average molecular weight is 649 g/mol. The van der Waals surface area contributed by atoms with Gasteiger partial charge in [0, 0.05) is 60.2 Å². The number of rotatable bonds is 10. The quantitative estimate of drug-likeness (QED) is 0.183. The van der Waals surface area contributed by atoms with Crippen molar-refractivity contribution in [3.05, 3.63) is 137 Å².